The van der Waals surface area contributed by atoms with Gasteiger partial charge in [0.25, 0.3) is 0 Å². The van der Waals surface area contributed by atoms with Crippen LogP contribution in [-0.4, -0.2) is 12.7 Å². The van der Waals surface area contributed by atoms with Crippen LogP contribution < -0.4 is 4.74 Å². The van der Waals surface area contributed by atoms with Gasteiger partial charge in [-0.2, -0.15) is 4.39 Å². The Kier molecular flexibility index (Phi) is 11.1. The minimum absolute atomic E-state index is 0.0552. The third-order valence-electron chi connectivity index (χ3n) is 7.85. The second-order valence-electron chi connectivity index (χ2n) is 10.7. The molecule has 3 aromatic rings. The molecule has 0 aliphatic heterocycles. The van der Waals surface area contributed by atoms with Gasteiger partial charge in [0.2, 0.25) is 5.82 Å². The zero-order valence-electron chi connectivity index (χ0n) is 23.9. The zero-order valence-corrected chi connectivity index (χ0v) is 23.9. The molecule has 8 heteroatoms. The van der Waals surface area contributed by atoms with Crippen LogP contribution in [0.3, 0.4) is 0 Å². The van der Waals surface area contributed by atoms with Crippen molar-refractivity contribution in [1.82, 2.24) is 0 Å². The topological polar surface area (TPSA) is 18.5 Å². The summed E-state index contributed by atoms with van der Waals surface area (Å²) in [6, 6.07) is 8.17. The predicted molar refractivity (Wildman–Crippen MR) is 151 cm³/mol. The summed E-state index contributed by atoms with van der Waals surface area (Å²) in [5.41, 5.74) is -0.163. The molecule has 0 unspecified atom stereocenters. The summed E-state index contributed by atoms with van der Waals surface area (Å²) in [7, 11) is 0. The first-order chi connectivity index (χ1) is 20.3. The predicted octanol–water partition coefficient (Wildman–Crippen LogP) is 10.1. The summed E-state index contributed by atoms with van der Waals surface area (Å²) in [5, 5.41) is 0. The van der Waals surface area contributed by atoms with Crippen molar-refractivity contribution in [2.75, 3.05) is 6.61 Å². The van der Waals surface area contributed by atoms with Crippen molar-refractivity contribution in [2.24, 2.45) is 0 Å². The Bertz CT molecular complexity index is 1400. The van der Waals surface area contributed by atoms with Gasteiger partial charge in [-0.05, 0) is 81.0 Å². The summed E-state index contributed by atoms with van der Waals surface area (Å²) < 4.78 is 99.7. The van der Waals surface area contributed by atoms with E-state index >= 15 is 0 Å². The molecule has 0 bridgehead atoms. The molecular weight excluding hydrogens is 554 g/mol. The molecule has 226 valence electrons. The van der Waals surface area contributed by atoms with Crippen LogP contribution in [0.5, 0.6) is 5.75 Å². The monoisotopic (exact) mass is 590 g/mol. The van der Waals surface area contributed by atoms with Crippen molar-refractivity contribution in [3.05, 3.63) is 100 Å². The molecule has 0 atom stereocenters. The van der Waals surface area contributed by atoms with E-state index in [4.69, 9.17) is 9.47 Å². The van der Waals surface area contributed by atoms with Gasteiger partial charge < -0.3 is 9.47 Å². The van der Waals surface area contributed by atoms with E-state index in [0.717, 1.165) is 12.5 Å². The van der Waals surface area contributed by atoms with Gasteiger partial charge in [0, 0.05) is 16.7 Å². The first-order valence-corrected chi connectivity index (χ1v) is 14.5. The molecule has 0 amide bonds. The Labute approximate surface area is 243 Å². The number of unbranched alkanes of at least 4 members (excludes halogenated alkanes) is 1. The van der Waals surface area contributed by atoms with Crippen molar-refractivity contribution < 1.29 is 35.8 Å². The molecule has 1 aliphatic carbocycles. The van der Waals surface area contributed by atoms with E-state index in [9.17, 15) is 26.3 Å². The maximum atomic E-state index is 15.0. The fourth-order valence-electron chi connectivity index (χ4n) is 5.35. The van der Waals surface area contributed by atoms with Gasteiger partial charge in [0.15, 0.2) is 34.8 Å². The van der Waals surface area contributed by atoms with Gasteiger partial charge >= 0.3 is 0 Å². The number of hydrogen-bond acceptors (Lipinski definition) is 2. The fourth-order valence-corrected chi connectivity index (χ4v) is 5.35. The highest BCUT2D eigenvalue weighted by Gasteiger charge is 2.27. The standard InChI is InChI=1S/C34H36F6O2/c1-3-5-7-8-22-11-15-25(31(37)29(22)35)21-9-13-24(14-10-21)42-20-23-12-16-26(32(38)30(23)36)27-17-18-28(34(40)33(27)39)41-19-6-4-2/h3,5,11-12,15-18,21,24H,4,6-10,13-14,19-20H2,1-2H3. The van der Waals surface area contributed by atoms with Crippen molar-refractivity contribution in [1.29, 1.82) is 0 Å². The Hall–Kier alpha value is -3.26. The molecule has 4 rings (SSSR count). The average molecular weight is 591 g/mol. The van der Waals surface area contributed by atoms with Gasteiger partial charge in [-0.25, -0.2) is 22.0 Å². The molecule has 0 spiro atoms. The first kappa shape index (κ1) is 31.7. The van der Waals surface area contributed by atoms with Crippen molar-refractivity contribution in [2.45, 2.75) is 83.8 Å². The number of allylic oxidation sites excluding steroid dienone is 2. The van der Waals surface area contributed by atoms with Crippen LogP contribution in [0, 0.1) is 34.9 Å². The van der Waals surface area contributed by atoms with Crippen LogP contribution in [0.1, 0.15) is 81.4 Å². The van der Waals surface area contributed by atoms with Crippen LogP contribution in [0.2, 0.25) is 0 Å². The van der Waals surface area contributed by atoms with Crippen molar-refractivity contribution in [3.8, 4) is 16.9 Å². The lowest BCUT2D eigenvalue weighted by Gasteiger charge is -2.29. The molecule has 0 saturated heterocycles. The van der Waals surface area contributed by atoms with E-state index < -0.39 is 46.0 Å². The lowest BCUT2D eigenvalue weighted by molar-refractivity contribution is 0.0116. The molecule has 2 nitrogen and oxygen atoms in total. The normalized spacial score (nSPS) is 17.2. The molecule has 0 radical (unpaired) electrons. The highest BCUT2D eigenvalue weighted by atomic mass is 19.2. The van der Waals surface area contributed by atoms with Gasteiger partial charge in [-0.1, -0.05) is 49.8 Å². The number of aryl methyl sites for hydroxylation is 1. The van der Waals surface area contributed by atoms with Crippen molar-refractivity contribution >= 4 is 0 Å². The second kappa shape index (κ2) is 14.8. The number of rotatable bonds is 12. The molecule has 3 aromatic carbocycles. The van der Waals surface area contributed by atoms with Crippen molar-refractivity contribution in [3.63, 3.8) is 0 Å². The summed E-state index contributed by atoms with van der Waals surface area (Å²) in [6.07, 6.45) is 8.30. The summed E-state index contributed by atoms with van der Waals surface area (Å²) in [4.78, 5) is 0. The Morgan fingerprint density at radius 3 is 2.07 bits per heavy atom. The van der Waals surface area contributed by atoms with E-state index in [1.165, 1.54) is 18.2 Å². The van der Waals surface area contributed by atoms with Gasteiger partial charge in [0.05, 0.1) is 19.3 Å². The van der Waals surface area contributed by atoms with Gasteiger partial charge in [0.1, 0.15) is 0 Å². The smallest absolute Gasteiger partial charge is 0.201 e. The van der Waals surface area contributed by atoms with Gasteiger partial charge in [-0.3, -0.25) is 0 Å². The maximum Gasteiger partial charge on any atom is 0.201 e. The lowest BCUT2D eigenvalue weighted by Crippen LogP contribution is -2.22. The number of ether oxygens (including phenoxy) is 2. The molecule has 42 heavy (non-hydrogen) atoms. The number of benzene rings is 3. The zero-order chi connectivity index (χ0) is 30.2. The van der Waals surface area contributed by atoms with E-state index in [1.54, 1.807) is 12.1 Å². The van der Waals surface area contributed by atoms with E-state index in [0.29, 0.717) is 56.1 Å². The summed E-state index contributed by atoms with van der Waals surface area (Å²) in [5.74, 6) is -7.11. The Balaban J connectivity index is 1.36. The SMILES string of the molecule is CC=CCCc1ccc(C2CCC(OCc3ccc(-c4ccc(OCCCC)c(F)c4F)c(F)c3F)CC2)c(F)c1F. The van der Waals surface area contributed by atoms with Crippen LogP contribution in [0.25, 0.3) is 11.1 Å². The molecule has 0 heterocycles. The van der Waals surface area contributed by atoms with E-state index in [1.807, 2.05) is 26.0 Å². The third-order valence-corrected chi connectivity index (χ3v) is 7.85. The molecule has 0 aromatic heterocycles. The van der Waals surface area contributed by atoms with E-state index in [2.05, 4.69) is 0 Å². The Morgan fingerprint density at radius 2 is 1.38 bits per heavy atom. The second-order valence-corrected chi connectivity index (χ2v) is 10.7. The van der Waals surface area contributed by atoms with Crippen LogP contribution in [0.15, 0.2) is 48.6 Å². The largest absolute Gasteiger partial charge is 0.490 e. The quantitative estimate of drug-likeness (QED) is 0.119. The molecular formula is C34H36F6O2. The first-order valence-electron chi connectivity index (χ1n) is 14.5. The average Bonchev–Trinajstić information content (AvgIpc) is 2.99. The minimum Gasteiger partial charge on any atom is -0.490 e. The summed E-state index contributed by atoms with van der Waals surface area (Å²) in [6.45, 7) is 3.80. The molecule has 0 N–H and O–H groups in total. The fraction of sp³-hybridized carbons (Fsp3) is 0.412. The molecule has 1 aliphatic rings. The highest BCUT2D eigenvalue weighted by molar-refractivity contribution is 5.66. The highest BCUT2D eigenvalue weighted by Crippen LogP contribution is 2.37. The minimum atomic E-state index is -1.32. The number of halogens is 6. The Morgan fingerprint density at radius 1 is 0.738 bits per heavy atom. The number of hydrogen-bond donors (Lipinski definition) is 0. The van der Waals surface area contributed by atoms with Gasteiger partial charge in [-0.15, -0.1) is 0 Å². The molecule has 1 saturated carbocycles. The van der Waals surface area contributed by atoms with Crippen LogP contribution >= 0.6 is 0 Å². The van der Waals surface area contributed by atoms with E-state index in [-0.39, 0.29) is 36.5 Å². The van der Waals surface area contributed by atoms with Crippen LogP contribution in [0.4, 0.5) is 26.3 Å². The maximum absolute atomic E-state index is 15.0. The third kappa shape index (κ3) is 7.20. The van der Waals surface area contributed by atoms with Crippen LogP contribution in [-0.2, 0) is 17.8 Å². The molecule has 1 fully saturated rings. The lowest BCUT2D eigenvalue weighted by atomic mass is 9.82. The summed E-state index contributed by atoms with van der Waals surface area (Å²) >= 11 is 0.